The Hall–Kier alpha value is -1.42. The third kappa shape index (κ3) is 1.72. The first-order valence-corrected chi connectivity index (χ1v) is 5.67. The topological polar surface area (TPSA) is 17.8 Å². The second-order valence-electron chi connectivity index (χ2n) is 4.18. The molecule has 1 unspecified atom stereocenters. The summed E-state index contributed by atoms with van der Waals surface area (Å²) in [6.45, 7) is 0.560. The van der Waals surface area contributed by atoms with E-state index in [0.29, 0.717) is 13.0 Å². The number of rotatable bonds is 1. The fourth-order valence-electron chi connectivity index (χ4n) is 2.36. The third-order valence-electron chi connectivity index (χ3n) is 3.10. The Morgan fingerprint density at radius 1 is 1.29 bits per heavy atom. The van der Waals surface area contributed by atoms with Crippen molar-refractivity contribution in [2.45, 2.75) is 18.9 Å². The summed E-state index contributed by atoms with van der Waals surface area (Å²) in [5, 5.41) is 0.0829. The molecule has 0 radical (unpaired) electrons. The van der Waals surface area contributed by atoms with Gasteiger partial charge in [0.1, 0.15) is 17.5 Å². The molecule has 88 valence electrons. The molecule has 1 aliphatic rings. The standard InChI is InChI=1S/C12H9ClF2N2/c13-8-4-9(14)12(10(15)5-8)7-3-11-16-1-2-17(11)6-7/h1-2,4-5,7H,3,6H2. The average Bonchev–Trinajstić information content (AvgIpc) is 2.75. The lowest BCUT2D eigenvalue weighted by molar-refractivity contribution is 0.514. The molecule has 2 aromatic rings. The molecule has 1 aromatic heterocycles. The Kier molecular flexibility index (Phi) is 2.40. The average molecular weight is 255 g/mol. The van der Waals surface area contributed by atoms with Crippen LogP contribution in [-0.4, -0.2) is 9.55 Å². The van der Waals surface area contributed by atoms with Gasteiger partial charge in [0.2, 0.25) is 0 Å². The lowest BCUT2D eigenvalue weighted by Gasteiger charge is -2.12. The van der Waals surface area contributed by atoms with Crippen molar-refractivity contribution in [2.75, 3.05) is 0 Å². The third-order valence-corrected chi connectivity index (χ3v) is 3.32. The van der Waals surface area contributed by atoms with Gasteiger partial charge in [0.15, 0.2) is 0 Å². The van der Waals surface area contributed by atoms with Crippen LogP contribution in [-0.2, 0) is 13.0 Å². The number of aromatic nitrogens is 2. The zero-order valence-electron chi connectivity index (χ0n) is 8.83. The van der Waals surface area contributed by atoms with Crippen LogP contribution >= 0.6 is 11.6 Å². The highest BCUT2D eigenvalue weighted by molar-refractivity contribution is 6.30. The molecule has 0 saturated carbocycles. The summed E-state index contributed by atoms with van der Waals surface area (Å²) >= 11 is 5.60. The van der Waals surface area contributed by atoms with E-state index in [9.17, 15) is 8.78 Å². The van der Waals surface area contributed by atoms with Gasteiger partial charge in [-0.3, -0.25) is 0 Å². The Balaban J connectivity index is 1.99. The summed E-state index contributed by atoms with van der Waals surface area (Å²) in [6, 6.07) is 2.31. The van der Waals surface area contributed by atoms with Crippen LogP contribution in [0.3, 0.4) is 0 Å². The van der Waals surface area contributed by atoms with Gasteiger partial charge in [0.25, 0.3) is 0 Å². The summed E-state index contributed by atoms with van der Waals surface area (Å²) in [5.74, 6) is -0.490. The van der Waals surface area contributed by atoms with Gasteiger partial charge in [0, 0.05) is 41.9 Å². The Morgan fingerprint density at radius 3 is 2.65 bits per heavy atom. The highest BCUT2D eigenvalue weighted by atomic mass is 35.5. The maximum absolute atomic E-state index is 13.7. The molecule has 2 heterocycles. The van der Waals surface area contributed by atoms with Crippen molar-refractivity contribution in [1.82, 2.24) is 9.55 Å². The zero-order valence-corrected chi connectivity index (χ0v) is 9.59. The van der Waals surface area contributed by atoms with E-state index in [2.05, 4.69) is 4.98 Å². The monoisotopic (exact) mass is 254 g/mol. The van der Waals surface area contributed by atoms with Crippen molar-refractivity contribution in [3.05, 3.63) is 52.6 Å². The molecule has 1 aliphatic heterocycles. The SMILES string of the molecule is Fc1cc(Cl)cc(F)c1C1Cc2nccn2C1. The molecule has 0 spiro atoms. The Labute approximate surface area is 102 Å². The molecule has 1 aromatic carbocycles. The van der Waals surface area contributed by atoms with E-state index >= 15 is 0 Å². The predicted molar refractivity (Wildman–Crippen MR) is 60.0 cm³/mol. The minimum atomic E-state index is -0.578. The molecule has 17 heavy (non-hydrogen) atoms. The number of nitrogens with zero attached hydrogens (tertiary/aromatic N) is 2. The Bertz CT molecular complexity index is 536. The van der Waals surface area contributed by atoms with E-state index in [-0.39, 0.29) is 16.5 Å². The van der Waals surface area contributed by atoms with Crippen molar-refractivity contribution in [1.29, 1.82) is 0 Å². The van der Waals surface area contributed by atoms with Gasteiger partial charge in [-0.05, 0) is 12.1 Å². The van der Waals surface area contributed by atoms with Crippen LogP contribution < -0.4 is 0 Å². The molecule has 0 N–H and O–H groups in total. The summed E-state index contributed by atoms with van der Waals surface area (Å²) in [7, 11) is 0. The van der Waals surface area contributed by atoms with Crippen molar-refractivity contribution >= 4 is 11.6 Å². The largest absolute Gasteiger partial charge is 0.334 e. The second-order valence-corrected chi connectivity index (χ2v) is 4.62. The van der Waals surface area contributed by atoms with Gasteiger partial charge in [0.05, 0.1) is 0 Å². The van der Waals surface area contributed by atoms with E-state index in [1.165, 1.54) is 0 Å². The maximum atomic E-state index is 13.7. The van der Waals surface area contributed by atoms with Crippen molar-refractivity contribution < 1.29 is 8.78 Å². The van der Waals surface area contributed by atoms with Crippen LogP contribution in [0.25, 0.3) is 0 Å². The number of benzene rings is 1. The lowest BCUT2D eigenvalue weighted by Crippen LogP contribution is -2.06. The molecule has 0 amide bonds. The van der Waals surface area contributed by atoms with Crippen LogP contribution in [0.1, 0.15) is 17.3 Å². The van der Waals surface area contributed by atoms with Gasteiger partial charge < -0.3 is 4.57 Å². The molecule has 0 fully saturated rings. The van der Waals surface area contributed by atoms with Gasteiger partial charge in [-0.1, -0.05) is 11.6 Å². The first kappa shape index (κ1) is 10.7. The highest BCUT2D eigenvalue weighted by Gasteiger charge is 2.28. The lowest BCUT2D eigenvalue weighted by atomic mass is 9.96. The minimum Gasteiger partial charge on any atom is -0.334 e. The van der Waals surface area contributed by atoms with Crippen LogP contribution in [0, 0.1) is 11.6 Å². The van der Waals surface area contributed by atoms with Crippen LogP contribution in [0.5, 0.6) is 0 Å². The minimum absolute atomic E-state index is 0.0829. The normalized spacial score (nSPS) is 18.4. The molecule has 0 aliphatic carbocycles. The van der Waals surface area contributed by atoms with E-state index in [1.54, 1.807) is 6.20 Å². The summed E-state index contributed by atoms with van der Waals surface area (Å²) in [4.78, 5) is 4.14. The van der Waals surface area contributed by atoms with Crippen molar-refractivity contribution in [3.63, 3.8) is 0 Å². The van der Waals surface area contributed by atoms with Crippen LogP contribution in [0.15, 0.2) is 24.5 Å². The Morgan fingerprint density at radius 2 is 2.00 bits per heavy atom. The van der Waals surface area contributed by atoms with Crippen LogP contribution in [0.4, 0.5) is 8.78 Å². The molecule has 0 bridgehead atoms. The molecule has 0 saturated heterocycles. The molecule has 2 nitrogen and oxygen atoms in total. The molecule has 3 rings (SSSR count). The molecule has 1 atom stereocenters. The highest BCUT2D eigenvalue weighted by Crippen LogP contribution is 2.33. The van der Waals surface area contributed by atoms with Gasteiger partial charge in [-0.2, -0.15) is 0 Å². The number of halogens is 3. The first-order valence-electron chi connectivity index (χ1n) is 5.29. The number of hydrogen-bond donors (Lipinski definition) is 0. The number of imidazole rings is 1. The quantitative estimate of drug-likeness (QED) is 0.764. The van der Waals surface area contributed by atoms with Crippen molar-refractivity contribution in [3.8, 4) is 0 Å². The molecular formula is C12H9ClF2N2. The molecular weight excluding hydrogens is 246 g/mol. The van der Waals surface area contributed by atoms with E-state index < -0.39 is 11.6 Å². The van der Waals surface area contributed by atoms with Gasteiger partial charge >= 0.3 is 0 Å². The van der Waals surface area contributed by atoms with E-state index in [1.807, 2.05) is 10.8 Å². The van der Waals surface area contributed by atoms with E-state index in [4.69, 9.17) is 11.6 Å². The smallest absolute Gasteiger partial charge is 0.131 e. The fraction of sp³-hybridized carbons (Fsp3) is 0.250. The molecule has 5 heteroatoms. The maximum Gasteiger partial charge on any atom is 0.131 e. The van der Waals surface area contributed by atoms with Gasteiger partial charge in [-0.25, -0.2) is 13.8 Å². The zero-order chi connectivity index (χ0) is 12.0. The summed E-state index contributed by atoms with van der Waals surface area (Å²) in [5.41, 5.74) is 0.111. The van der Waals surface area contributed by atoms with Crippen LogP contribution in [0.2, 0.25) is 5.02 Å². The fourth-order valence-corrected chi connectivity index (χ4v) is 2.55. The summed E-state index contributed by atoms with van der Waals surface area (Å²) < 4.78 is 29.4. The second kappa shape index (κ2) is 3.81. The number of fused-ring (bicyclic) bond motifs is 1. The van der Waals surface area contributed by atoms with Crippen molar-refractivity contribution in [2.24, 2.45) is 0 Å². The predicted octanol–water partition coefficient (Wildman–Crippen LogP) is 3.15. The summed E-state index contributed by atoms with van der Waals surface area (Å²) in [6.07, 6.45) is 4.07. The number of hydrogen-bond acceptors (Lipinski definition) is 1. The first-order chi connectivity index (χ1) is 8.15. The van der Waals surface area contributed by atoms with E-state index in [0.717, 1.165) is 18.0 Å². The van der Waals surface area contributed by atoms with Gasteiger partial charge in [-0.15, -0.1) is 0 Å².